The molecule has 3 fully saturated rings. The van der Waals surface area contributed by atoms with Crippen LogP contribution in [0.5, 0.6) is 5.75 Å². The van der Waals surface area contributed by atoms with E-state index in [4.69, 9.17) is 9.72 Å². The molecule has 2 unspecified atom stereocenters. The molecule has 2 bridgehead atoms. The number of piperazine rings is 1. The molecule has 1 amide bonds. The van der Waals surface area contributed by atoms with Crippen molar-refractivity contribution >= 4 is 24.0 Å². The Kier molecular flexibility index (Phi) is 7.17. The van der Waals surface area contributed by atoms with Crippen LogP contribution < -0.4 is 9.64 Å². The highest BCUT2D eigenvalue weighted by atomic mass is 16.5. The van der Waals surface area contributed by atoms with Crippen LogP contribution in [0.1, 0.15) is 39.7 Å². The van der Waals surface area contributed by atoms with Gasteiger partial charge in [0.15, 0.2) is 0 Å². The first-order chi connectivity index (χ1) is 19.1. The van der Waals surface area contributed by atoms with E-state index in [1.165, 1.54) is 6.20 Å². The molecule has 0 aromatic carbocycles. The van der Waals surface area contributed by atoms with E-state index in [1.54, 1.807) is 36.8 Å². The van der Waals surface area contributed by atoms with Crippen molar-refractivity contribution in [2.75, 3.05) is 24.6 Å². The van der Waals surface area contributed by atoms with Gasteiger partial charge < -0.3 is 19.6 Å². The zero-order valence-electron chi connectivity index (χ0n) is 23.2. The molecule has 0 radical (unpaired) electrons. The third kappa shape index (κ3) is 5.33. The lowest BCUT2D eigenvalue weighted by Crippen LogP contribution is -2.70. The van der Waals surface area contributed by atoms with Gasteiger partial charge in [0.1, 0.15) is 29.9 Å². The van der Waals surface area contributed by atoms with E-state index in [2.05, 4.69) is 27.8 Å². The quantitative estimate of drug-likeness (QED) is 0.263. The molecule has 2 atom stereocenters. The van der Waals surface area contributed by atoms with E-state index in [9.17, 15) is 15.2 Å². The lowest BCUT2D eigenvalue weighted by Gasteiger charge is -2.56. The van der Waals surface area contributed by atoms with Crippen LogP contribution in [0.4, 0.5) is 5.82 Å². The Morgan fingerprint density at radius 1 is 1.27 bits per heavy atom. The summed E-state index contributed by atoms with van der Waals surface area (Å²) < 4.78 is 7.44. The fourth-order valence-electron chi connectivity index (χ4n) is 5.17. The number of nitrogens with zero attached hydrogens (tertiary/aromatic N) is 7. The summed E-state index contributed by atoms with van der Waals surface area (Å²) in [4.78, 5) is 25.9. The highest BCUT2D eigenvalue weighted by Crippen LogP contribution is 2.36. The van der Waals surface area contributed by atoms with Crippen LogP contribution in [0, 0.1) is 11.3 Å². The number of piperidine rings is 1. The maximum Gasteiger partial charge on any atom is 0.273 e. The summed E-state index contributed by atoms with van der Waals surface area (Å²) in [6.45, 7) is 12.4. The van der Waals surface area contributed by atoms with Crippen LogP contribution in [-0.4, -0.2) is 74.6 Å². The second-order valence-corrected chi connectivity index (χ2v) is 11.2. The maximum atomic E-state index is 13.1. The number of amides is 1. The number of fused-ring (bicyclic) bond motifs is 3. The number of nitriles is 1. The number of pyridine rings is 2. The van der Waals surface area contributed by atoms with Gasteiger partial charge in [0, 0.05) is 30.4 Å². The molecule has 3 aliphatic rings. The number of ether oxygens (including phenoxy) is 1. The Morgan fingerprint density at radius 3 is 2.62 bits per heavy atom. The van der Waals surface area contributed by atoms with Crippen LogP contribution in [0.15, 0.2) is 65.2 Å². The molecule has 3 aromatic rings. The number of aromatic nitrogens is 3. The number of rotatable bonds is 8. The molecule has 40 heavy (non-hydrogen) atoms. The first-order valence-corrected chi connectivity index (χ1v) is 13.2. The van der Waals surface area contributed by atoms with Crippen molar-refractivity contribution in [3.8, 4) is 22.9 Å². The fourth-order valence-corrected chi connectivity index (χ4v) is 5.17. The first kappa shape index (κ1) is 27.1. The molecule has 6 heterocycles. The predicted octanol–water partition coefficient (Wildman–Crippen LogP) is 3.76. The van der Waals surface area contributed by atoms with Gasteiger partial charge in [0.2, 0.25) is 0 Å². The summed E-state index contributed by atoms with van der Waals surface area (Å²) in [7, 11) is 0. The summed E-state index contributed by atoms with van der Waals surface area (Å²) in [5.74, 6) is 1.27. The highest BCUT2D eigenvalue weighted by Gasteiger charge is 2.48. The highest BCUT2D eigenvalue weighted by molar-refractivity contribution is 5.95. The molecule has 206 valence electrons. The van der Waals surface area contributed by atoms with E-state index in [0.29, 0.717) is 35.6 Å². The smallest absolute Gasteiger partial charge is 0.273 e. The van der Waals surface area contributed by atoms with Crippen molar-refractivity contribution in [1.29, 1.82) is 5.26 Å². The fraction of sp³-hybridized carbons (Fsp3) is 0.367. The van der Waals surface area contributed by atoms with Crippen molar-refractivity contribution in [2.24, 2.45) is 4.99 Å². The monoisotopic (exact) mass is 539 g/mol. The Labute approximate surface area is 233 Å². The van der Waals surface area contributed by atoms with Crippen molar-refractivity contribution < 1.29 is 14.6 Å². The number of allylic oxidation sites excluding steroid dienone is 3. The predicted molar refractivity (Wildman–Crippen MR) is 153 cm³/mol. The molecule has 0 spiro atoms. The van der Waals surface area contributed by atoms with E-state index >= 15 is 0 Å². The van der Waals surface area contributed by atoms with Gasteiger partial charge in [-0.15, -0.1) is 0 Å². The molecule has 3 saturated heterocycles. The van der Waals surface area contributed by atoms with E-state index < -0.39 is 5.60 Å². The zero-order chi connectivity index (χ0) is 28.6. The van der Waals surface area contributed by atoms with Crippen molar-refractivity contribution in [2.45, 2.75) is 51.8 Å². The van der Waals surface area contributed by atoms with Gasteiger partial charge in [-0.25, -0.2) is 9.50 Å². The van der Waals surface area contributed by atoms with Gasteiger partial charge in [-0.05, 0) is 65.1 Å². The number of hydrogen-bond acceptors (Lipinski definition) is 8. The normalized spacial score (nSPS) is 18.6. The van der Waals surface area contributed by atoms with Crippen LogP contribution in [0.2, 0.25) is 0 Å². The Bertz CT molecular complexity index is 1540. The summed E-state index contributed by atoms with van der Waals surface area (Å²) in [5.41, 5.74) is 3.13. The van der Waals surface area contributed by atoms with Gasteiger partial charge in [-0.3, -0.25) is 9.79 Å². The average molecular weight is 540 g/mol. The minimum Gasteiger partial charge on any atom is -0.489 e. The number of anilines is 1. The Balaban J connectivity index is 1.36. The van der Waals surface area contributed by atoms with Gasteiger partial charge in [-0.1, -0.05) is 11.6 Å². The minimum atomic E-state index is -0.999. The maximum absolute atomic E-state index is 13.1. The second-order valence-electron chi connectivity index (χ2n) is 11.2. The summed E-state index contributed by atoms with van der Waals surface area (Å²) in [6, 6.07) is 8.17. The van der Waals surface area contributed by atoms with Gasteiger partial charge in [0.25, 0.3) is 5.91 Å². The molecule has 3 aromatic heterocycles. The van der Waals surface area contributed by atoms with Gasteiger partial charge in [0.05, 0.1) is 41.2 Å². The molecule has 10 heteroatoms. The molecule has 0 saturated carbocycles. The van der Waals surface area contributed by atoms with Crippen molar-refractivity contribution in [1.82, 2.24) is 19.5 Å². The van der Waals surface area contributed by atoms with Crippen LogP contribution >= 0.6 is 0 Å². The van der Waals surface area contributed by atoms with Crippen molar-refractivity contribution in [3.63, 3.8) is 0 Å². The zero-order valence-corrected chi connectivity index (χ0v) is 23.2. The molecule has 10 nitrogen and oxygen atoms in total. The second kappa shape index (κ2) is 10.6. The number of carbonyl (C=O) groups is 1. The average Bonchev–Trinajstić information content (AvgIpc) is 3.34. The number of aliphatic hydroxyl groups is 1. The van der Waals surface area contributed by atoms with Crippen LogP contribution in [-0.2, 0) is 4.79 Å². The number of carbonyl (C=O) groups excluding carboxylic acids is 1. The molecule has 1 N–H and O–H groups in total. The standard InChI is InChI=1S/C30H33N7O3/c1-19(2)6-8-26(32-5)29(38)37-22-10-23(37)16-35(15-22)27-9-7-20(13-33-27)25-11-24(40-18-30(3,4)39)17-36-28(25)21(12-31)14-34-36/h6-9,11,13-14,17,22-23,39H,5,10,15-16,18H2,1-4H3/b26-8-. The number of aliphatic imine (C=N–C) groups is 1. The first-order valence-electron chi connectivity index (χ1n) is 13.2. The SMILES string of the molecule is C=N/C(=C\C=C(C)C)C(=O)N1C2CC1CN(c1ccc(-c3cc(OCC(C)(C)O)cn4ncc(C#N)c34)cn1)C2. The summed E-state index contributed by atoms with van der Waals surface area (Å²) in [5, 5.41) is 24.1. The van der Waals surface area contributed by atoms with E-state index in [1.807, 2.05) is 43.0 Å². The lowest BCUT2D eigenvalue weighted by molar-refractivity contribution is -0.141. The van der Waals surface area contributed by atoms with Crippen LogP contribution in [0.25, 0.3) is 16.6 Å². The van der Waals surface area contributed by atoms with Gasteiger partial charge in [-0.2, -0.15) is 10.4 Å². The Morgan fingerprint density at radius 2 is 2.02 bits per heavy atom. The molecule has 6 rings (SSSR count). The third-order valence-corrected chi connectivity index (χ3v) is 7.07. The molecule has 3 aliphatic heterocycles. The lowest BCUT2D eigenvalue weighted by atomic mass is 9.87. The topological polar surface area (TPSA) is 119 Å². The summed E-state index contributed by atoms with van der Waals surface area (Å²) in [6.07, 6.45) is 9.57. The molecular weight excluding hydrogens is 506 g/mol. The van der Waals surface area contributed by atoms with E-state index in [-0.39, 0.29) is 24.6 Å². The number of hydrogen-bond donors (Lipinski definition) is 1. The summed E-state index contributed by atoms with van der Waals surface area (Å²) >= 11 is 0. The largest absolute Gasteiger partial charge is 0.489 e. The van der Waals surface area contributed by atoms with Crippen molar-refractivity contribution in [3.05, 3.63) is 65.8 Å². The molecular formula is C30H33N7O3. The van der Waals surface area contributed by atoms with E-state index in [0.717, 1.165) is 28.9 Å². The Hall–Kier alpha value is -4.49. The molecule has 0 aliphatic carbocycles. The minimum absolute atomic E-state index is 0.0819. The van der Waals surface area contributed by atoms with Crippen LogP contribution in [0.3, 0.4) is 0 Å². The van der Waals surface area contributed by atoms with Gasteiger partial charge >= 0.3 is 0 Å². The third-order valence-electron chi connectivity index (χ3n) is 7.07.